The number of benzene rings is 2. The van der Waals surface area contributed by atoms with Crippen LogP contribution in [0, 0.1) is 6.92 Å². The third kappa shape index (κ3) is 3.11. The molecule has 0 heterocycles. The van der Waals surface area contributed by atoms with Crippen molar-refractivity contribution in [2.24, 2.45) is 5.11 Å². The molecular weight excluding hydrogens is 272 g/mol. The highest BCUT2D eigenvalue weighted by Gasteiger charge is 2.13. The molecule has 0 aliphatic heterocycles. The van der Waals surface area contributed by atoms with E-state index < -0.39 is 0 Å². The van der Waals surface area contributed by atoms with Crippen LogP contribution < -0.4 is 15.0 Å². The molecule has 104 valence electrons. The Balaban J connectivity index is 2.39. The third-order valence-electron chi connectivity index (χ3n) is 2.85. The number of ether oxygens (including phenoxy) is 2. The van der Waals surface area contributed by atoms with Gasteiger partial charge in [0.2, 0.25) is 0 Å². The number of rotatable bonds is 5. The second-order valence-electron chi connectivity index (χ2n) is 4.22. The summed E-state index contributed by atoms with van der Waals surface area (Å²) in [6, 6.07) is 12.0. The van der Waals surface area contributed by atoms with Crippen molar-refractivity contribution in [3.63, 3.8) is 0 Å². The third-order valence-corrected chi connectivity index (χ3v) is 3.90. The van der Waals surface area contributed by atoms with Crippen LogP contribution in [0.25, 0.3) is 0 Å². The van der Waals surface area contributed by atoms with E-state index in [0.29, 0.717) is 11.4 Å². The summed E-state index contributed by atoms with van der Waals surface area (Å²) < 4.78 is 10.7. The van der Waals surface area contributed by atoms with Gasteiger partial charge in [-0.2, -0.15) is 5.53 Å². The molecule has 2 aromatic carbocycles. The molecule has 0 fully saturated rings. The zero-order valence-corrected chi connectivity index (χ0v) is 12.5. The normalized spacial score (nSPS) is 10.2. The second-order valence-corrected chi connectivity index (χ2v) is 5.33. The minimum Gasteiger partial charge on any atom is -0.495 e. The fraction of sp³-hybridized carbons (Fsp3) is 0.200. The van der Waals surface area contributed by atoms with Gasteiger partial charge in [-0.1, -0.05) is 29.5 Å². The first kappa shape index (κ1) is 14.4. The van der Waals surface area contributed by atoms with Gasteiger partial charge in [0.1, 0.15) is 5.75 Å². The van der Waals surface area contributed by atoms with E-state index in [4.69, 9.17) is 15.0 Å². The maximum Gasteiger partial charge on any atom is 0.175 e. The molecule has 0 spiro atoms. The van der Waals surface area contributed by atoms with Crippen molar-refractivity contribution < 1.29 is 15.0 Å². The van der Waals surface area contributed by atoms with E-state index in [9.17, 15) is 0 Å². The van der Waals surface area contributed by atoms with Gasteiger partial charge in [-0.15, -0.1) is 0 Å². The number of nitrogens with two attached hydrogens (primary N) is 1. The Morgan fingerprint density at radius 2 is 1.65 bits per heavy atom. The zero-order valence-electron chi connectivity index (χ0n) is 11.7. The van der Waals surface area contributed by atoms with Crippen molar-refractivity contribution in [3.8, 4) is 11.5 Å². The van der Waals surface area contributed by atoms with Gasteiger partial charge in [-0.05, 0) is 24.2 Å². The van der Waals surface area contributed by atoms with Crippen LogP contribution in [0.2, 0.25) is 0 Å². The highest BCUT2D eigenvalue weighted by Crippen LogP contribution is 2.42. The van der Waals surface area contributed by atoms with Gasteiger partial charge in [0.05, 0.1) is 19.1 Å². The van der Waals surface area contributed by atoms with E-state index in [1.165, 1.54) is 5.56 Å². The first-order valence-electron chi connectivity index (χ1n) is 6.09. The number of aryl methyl sites for hydroxylation is 1. The molecule has 0 aliphatic rings. The van der Waals surface area contributed by atoms with Crippen molar-refractivity contribution in [2.75, 3.05) is 14.2 Å². The Kier molecular flexibility index (Phi) is 4.63. The molecule has 2 aromatic rings. The number of methoxy groups -OCH3 is 2. The highest BCUT2D eigenvalue weighted by atomic mass is 32.2. The van der Waals surface area contributed by atoms with E-state index in [-0.39, 0.29) is 0 Å². The summed E-state index contributed by atoms with van der Waals surface area (Å²) in [6.45, 7) is 2.07. The van der Waals surface area contributed by atoms with Gasteiger partial charge in [0.15, 0.2) is 11.4 Å². The lowest BCUT2D eigenvalue weighted by molar-refractivity contribution is -0.210. The molecule has 0 atom stereocenters. The first-order valence-corrected chi connectivity index (χ1v) is 6.91. The topological polar surface area (TPSA) is 56.4 Å². The Hall–Kier alpha value is -2.01. The molecule has 0 aromatic heterocycles. The lowest BCUT2D eigenvalue weighted by Gasteiger charge is -2.11. The van der Waals surface area contributed by atoms with Crippen LogP contribution in [-0.2, 0) is 0 Å². The van der Waals surface area contributed by atoms with Gasteiger partial charge in [0.25, 0.3) is 0 Å². The Morgan fingerprint density at radius 3 is 2.20 bits per heavy atom. The highest BCUT2D eigenvalue weighted by molar-refractivity contribution is 7.99. The number of hydrogen-bond donors (Lipinski definition) is 1. The van der Waals surface area contributed by atoms with Crippen molar-refractivity contribution >= 4 is 17.4 Å². The summed E-state index contributed by atoms with van der Waals surface area (Å²) in [5.74, 6) is 1.35. The van der Waals surface area contributed by atoms with Crippen molar-refractivity contribution in [2.45, 2.75) is 16.7 Å². The summed E-state index contributed by atoms with van der Waals surface area (Å²) in [5, 5.41) is 3.70. The summed E-state index contributed by atoms with van der Waals surface area (Å²) in [5.41, 5.74) is 7.15. The van der Waals surface area contributed by atoms with Gasteiger partial charge in [-0.3, -0.25) is 0 Å². The van der Waals surface area contributed by atoms with Crippen molar-refractivity contribution in [1.82, 2.24) is 0 Å². The molecule has 4 nitrogen and oxygen atoms in total. The van der Waals surface area contributed by atoms with Gasteiger partial charge < -0.3 is 9.47 Å². The number of nitrogens with zero attached hydrogens (tertiary/aromatic N) is 1. The molecule has 2 N–H and O–H groups in total. The molecule has 0 unspecified atom stereocenters. The summed E-state index contributed by atoms with van der Waals surface area (Å²) in [6.07, 6.45) is 0. The predicted molar refractivity (Wildman–Crippen MR) is 78.9 cm³/mol. The van der Waals surface area contributed by atoms with E-state index in [1.54, 1.807) is 32.0 Å². The Bertz CT molecular complexity index is 612. The lowest BCUT2D eigenvalue weighted by atomic mass is 10.2. The van der Waals surface area contributed by atoms with E-state index in [0.717, 1.165) is 15.5 Å². The van der Waals surface area contributed by atoms with E-state index in [1.807, 2.05) is 6.07 Å². The summed E-state index contributed by atoms with van der Waals surface area (Å²) in [7, 11) is 3.22. The fourth-order valence-corrected chi connectivity index (χ4v) is 2.70. The zero-order chi connectivity index (χ0) is 14.5. The molecule has 0 amide bonds. The molecule has 2 rings (SSSR count). The van der Waals surface area contributed by atoms with Crippen LogP contribution in [0.5, 0.6) is 11.5 Å². The standard InChI is InChI=1S/C15H16N2O2S/c1-10-4-6-11(7-5-10)20-15-9-13(18-2)12(17-16)8-14(15)19-3/h4-9,16H,1-3H3/p+1. The van der Waals surface area contributed by atoms with E-state index >= 15 is 0 Å². The maximum atomic E-state index is 5.39. The molecule has 0 bridgehead atoms. The van der Waals surface area contributed by atoms with Crippen LogP contribution >= 0.6 is 11.8 Å². The summed E-state index contributed by atoms with van der Waals surface area (Å²) in [4.78, 5) is 2.09. The second kappa shape index (κ2) is 6.43. The molecule has 5 heteroatoms. The average molecular weight is 289 g/mol. The number of hydrogen-bond acceptors (Lipinski definition) is 4. The monoisotopic (exact) mass is 289 g/mol. The lowest BCUT2D eigenvalue weighted by Crippen LogP contribution is -2.22. The average Bonchev–Trinajstić information content (AvgIpc) is 2.49. The van der Waals surface area contributed by atoms with Gasteiger partial charge in [0, 0.05) is 17.0 Å². The Morgan fingerprint density at radius 1 is 1.00 bits per heavy atom. The smallest absolute Gasteiger partial charge is 0.175 e. The minimum atomic E-state index is 0.567. The summed E-state index contributed by atoms with van der Waals surface area (Å²) >= 11 is 1.61. The fourth-order valence-electron chi connectivity index (χ4n) is 1.77. The van der Waals surface area contributed by atoms with Crippen molar-refractivity contribution in [3.05, 3.63) is 42.0 Å². The first-order chi connectivity index (χ1) is 9.67. The van der Waals surface area contributed by atoms with Crippen LogP contribution in [0.3, 0.4) is 0 Å². The molecule has 0 saturated carbocycles. The molecule has 0 saturated heterocycles. The van der Waals surface area contributed by atoms with Crippen LogP contribution in [0.1, 0.15) is 5.56 Å². The largest absolute Gasteiger partial charge is 0.495 e. The Labute approximate surface area is 122 Å². The SMILES string of the molecule is COc1cc(Sc2ccc(C)cc2)c(OC)cc1N=[NH2+]. The van der Waals surface area contributed by atoms with Crippen LogP contribution in [0.4, 0.5) is 5.69 Å². The molecule has 0 aliphatic carbocycles. The van der Waals surface area contributed by atoms with Gasteiger partial charge >= 0.3 is 0 Å². The predicted octanol–water partition coefficient (Wildman–Crippen LogP) is 3.01. The molecule has 0 radical (unpaired) electrons. The molecular formula is C15H17N2O2S+. The molecule has 20 heavy (non-hydrogen) atoms. The maximum absolute atomic E-state index is 5.39. The van der Waals surface area contributed by atoms with Crippen molar-refractivity contribution in [1.29, 1.82) is 0 Å². The van der Waals surface area contributed by atoms with E-state index in [2.05, 4.69) is 36.3 Å². The van der Waals surface area contributed by atoms with Gasteiger partial charge in [-0.25, -0.2) is 0 Å². The minimum absolute atomic E-state index is 0.567. The van der Waals surface area contributed by atoms with Crippen LogP contribution in [-0.4, -0.2) is 14.2 Å². The van der Waals surface area contributed by atoms with Crippen LogP contribution in [0.15, 0.2) is 51.3 Å². The quantitative estimate of drug-likeness (QED) is 0.861.